The fourth-order valence-electron chi connectivity index (χ4n) is 3.07. The predicted octanol–water partition coefficient (Wildman–Crippen LogP) is 0.0824. The number of hydrogen-bond donors (Lipinski definition) is 1. The van der Waals surface area contributed by atoms with Crippen molar-refractivity contribution in [1.82, 2.24) is 10.2 Å². The average molecular weight is 302 g/mol. The number of nitrogens with one attached hydrogen (secondary N) is 1. The lowest BCUT2D eigenvalue weighted by atomic mass is 9.93. The van der Waals surface area contributed by atoms with Crippen molar-refractivity contribution in [1.29, 1.82) is 0 Å². The van der Waals surface area contributed by atoms with E-state index >= 15 is 0 Å². The van der Waals surface area contributed by atoms with Crippen molar-refractivity contribution >= 4 is 21.7 Å². The lowest BCUT2D eigenvalue weighted by Gasteiger charge is -2.39. The summed E-state index contributed by atoms with van der Waals surface area (Å²) in [6.07, 6.45) is 3.74. The van der Waals surface area contributed by atoms with E-state index in [-0.39, 0.29) is 36.4 Å². The normalized spacial score (nSPS) is 22.4. The Hall–Kier alpha value is -1.11. The standard InChI is InChI=1S/C13H22N2O4S/c1-2-8-20(18,19)9-7-15-10-11(16)14-13(12(15)17)5-3-4-6-13/h2-10H2,1H3,(H,14,16). The van der Waals surface area contributed by atoms with E-state index in [2.05, 4.69) is 5.32 Å². The van der Waals surface area contributed by atoms with Gasteiger partial charge in [0, 0.05) is 12.3 Å². The van der Waals surface area contributed by atoms with E-state index in [1.807, 2.05) is 6.92 Å². The first-order valence-electron chi connectivity index (χ1n) is 7.19. The molecule has 6 nitrogen and oxygen atoms in total. The molecule has 0 radical (unpaired) electrons. The summed E-state index contributed by atoms with van der Waals surface area (Å²) in [7, 11) is -3.13. The highest BCUT2D eigenvalue weighted by Gasteiger charge is 2.48. The molecule has 1 saturated carbocycles. The highest BCUT2D eigenvalue weighted by Crippen LogP contribution is 2.33. The maximum Gasteiger partial charge on any atom is 0.248 e. The SMILES string of the molecule is CCCS(=O)(=O)CCN1CC(=O)NC2(CCCC2)C1=O. The van der Waals surface area contributed by atoms with E-state index in [1.165, 1.54) is 4.90 Å². The summed E-state index contributed by atoms with van der Waals surface area (Å²) in [5.41, 5.74) is -0.760. The second-order valence-electron chi connectivity index (χ2n) is 5.72. The van der Waals surface area contributed by atoms with Gasteiger partial charge in [-0.25, -0.2) is 8.42 Å². The van der Waals surface area contributed by atoms with Crippen LogP contribution in [0.2, 0.25) is 0 Å². The van der Waals surface area contributed by atoms with Crippen LogP contribution in [0, 0.1) is 0 Å². The number of amides is 2. The Bertz CT molecular complexity index is 495. The number of sulfone groups is 1. The molecule has 0 bridgehead atoms. The van der Waals surface area contributed by atoms with Gasteiger partial charge in [0.1, 0.15) is 5.54 Å². The molecular weight excluding hydrogens is 280 g/mol. The molecule has 1 aliphatic heterocycles. The highest BCUT2D eigenvalue weighted by atomic mass is 32.2. The van der Waals surface area contributed by atoms with Crippen LogP contribution in [0.25, 0.3) is 0 Å². The summed E-state index contributed by atoms with van der Waals surface area (Å²) in [5, 5.41) is 2.81. The van der Waals surface area contributed by atoms with Gasteiger partial charge in [-0.1, -0.05) is 19.8 Å². The maximum absolute atomic E-state index is 12.5. The van der Waals surface area contributed by atoms with Gasteiger partial charge in [0.25, 0.3) is 0 Å². The monoisotopic (exact) mass is 302 g/mol. The van der Waals surface area contributed by atoms with Crippen LogP contribution in [0.4, 0.5) is 0 Å². The first-order valence-corrected chi connectivity index (χ1v) is 9.01. The predicted molar refractivity (Wildman–Crippen MR) is 74.9 cm³/mol. The summed E-state index contributed by atoms with van der Waals surface area (Å²) in [6, 6.07) is 0. The van der Waals surface area contributed by atoms with Crippen molar-refractivity contribution in [3.8, 4) is 0 Å². The van der Waals surface area contributed by atoms with Gasteiger partial charge in [0.15, 0.2) is 9.84 Å². The molecule has 1 aliphatic carbocycles. The van der Waals surface area contributed by atoms with Crippen molar-refractivity contribution < 1.29 is 18.0 Å². The van der Waals surface area contributed by atoms with Gasteiger partial charge in [-0.3, -0.25) is 9.59 Å². The Kier molecular flexibility index (Phi) is 4.36. The molecule has 114 valence electrons. The molecule has 2 fully saturated rings. The van der Waals surface area contributed by atoms with Crippen LogP contribution >= 0.6 is 0 Å². The van der Waals surface area contributed by atoms with Crippen molar-refractivity contribution in [2.75, 3.05) is 24.6 Å². The van der Waals surface area contributed by atoms with Gasteiger partial charge < -0.3 is 10.2 Å². The molecule has 1 heterocycles. The Morgan fingerprint density at radius 3 is 2.45 bits per heavy atom. The Balaban J connectivity index is 2.04. The van der Waals surface area contributed by atoms with Crippen LogP contribution in [0.1, 0.15) is 39.0 Å². The first-order chi connectivity index (χ1) is 9.38. The van der Waals surface area contributed by atoms with Crippen LogP contribution in [-0.2, 0) is 19.4 Å². The van der Waals surface area contributed by atoms with E-state index in [4.69, 9.17) is 0 Å². The fourth-order valence-corrected chi connectivity index (χ4v) is 4.39. The number of carbonyl (C=O) groups is 2. The van der Waals surface area contributed by atoms with Gasteiger partial charge in [0.05, 0.1) is 12.3 Å². The largest absolute Gasteiger partial charge is 0.340 e. The van der Waals surface area contributed by atoms with Crippen LogP contribution in [0.3, 0.4) is 0 Å². The number of piperazine rings is 1. The van der Waals surface area contributed by atoms with E-state index in [1.54, 1.807) is 0 Å². The summed E-state index contributed by atoms with van der Waals surface area (Å²) in [4.78, 5) is 25.7. The van der Waals surface area contributed by atoms with Crippen molar-refractivity contribution in [2.45, 2.75) is 44.6 Å². The molecule has 7 heteroatoms. The molecule has 0 aromatic carbocycles. The zero-order valence-corrected chi connectivity index (χ0v) is 12.7. The summed E-state index contributed by atoms with van der Waals surface area (Å²) in [5.74, 6) is -0.219. The van der Waals surface area contributed by atoms with Crippen molar-refractivity contribution in [2.24, 2.45) is 0 Å². The quantitative estimate of drug-likeness (QED) is 0.780. The van der Waals surface area contributed by atoms with Gasteiger partial charge in [-0.05, 0) is 19.3 Å². The van der Waals surface area contributed by atoms with Crippen LogP contribution in [0.5, 0.6) is 0 Å². The second kappa shape index (κ2) is 5.71. The summed E-state index contributed by atoms with van der Waals surface area (Å²) < 4.78 is 23.5. The average Bonchev–Trinajstić information content (AvgIpc) is 2.81. The molecular formula is C13H22N2O4S. The third-order valence-electron chi connectivity index (χ3n) is 4.05. The number of nitrogens with zero attached hydrogens (tertiary/aromatic N) is 1. The summed E-state index contributed by atoms with van der Waals surface area (Å²) in [6.45, 7) is 1.91. The van der Waals surface area contributed by atoms with Gasteiger partial charge in [-0.15, -0.1) is 0 Å². The fraction of sp³-hybridized carbons (Fsp3) is 0.846. The molecule has 20 heavy (non-hydrogen) atoms. The van der Waals surface area contributed by atoms with E-state index in [9.17, 15) is 18.0 Å². The molecule has 1 spiro atoms. The Labute approximate surface area is 119 Å². The van der Waals surface area contributed by atoms with Gasteiger partial charge >= 0.3 is 0 Å². The summed E-state index contributed by atoms with van der Waals surface area (Å²) >= 11 is 0. The molecule has 2 amide bonds. The van der Waals surface area contributed by atoms with Crippen molar-refractivity contribution in [3.05, 3.63) is 0 Å². The third kappa shape index (κ3) is 3.13. The molecule has 2 aliphatic rings. The van der Waals surface area contributed by atoms with E-state index in [0.29, 0.717) is 19.3 Å². The van der Waals surface area contributed by atoms with Gasteiger partial charge in [-0.2, -0.15) is 0 Å². The topological polar surface area (TPSA) is 83.6 Å². The lowest BCUT2D eigenvalue weighted by Crippen LogP contribution is -2.65. The minimum atomic E-state index is -3.13. The number of hydrogen-bond acceptors (Lipinski definition) is 4. The minimum Gasteiger partial charge on any atom is -0.340 e. The Morgan fingerprint density at radius 1 is 1.20 bits per heavy atom. The van der Waals surface area contributed by atoms with Crippen LogP contribution < -0.4 is 5.32 Å². The molecule has 0 aromatic heterocycles. The van der Waals surface area contributed by atoms with Gasteiger partial charge in [0.2, 0.25) is 11.8 Å². The minimum absolute atomic E-state index is 0.0256. The van der Waals surface area contributed by atoms with Crippen LogP contribution in [0.15, 0.2) is 0 Å². The van der Waals surface area contributed by atoms with E-state index < -0.39 is 15.4 Å². The van der Waals surface area contributed by atoms with Crippen molar-refractivity contribution in [3.63, 3.8) is 0 Å². The molecule has 0 unspecified atom stereocenters. The zero-order valence-electron chi connectivity index (χ0n) is 11.9. The Morgan fingerprint density at radius 2 is 1.85 bits per heavy atom. The van der Waals surface area contributed by atoms with E-state index in [0.717, 1.165) is 12.8 Å². The molecule has 1 saturated heterocycles. The van der Waals surface area contributed by atoms with Crippen LogP contribution in [-0.4, -0.2) is 55.3 Å². The first kappa shape index (κ1) is 15.3. The lowest BCUT2D eigenvalue weighted by molar-refractivity contribution is -0.149. The molecule has 2 rings (SSSR count). The second-order valence-corrected chi connectivity index (χ2v) is 8.02. The smallest absolute Gasteiger partial charge is 0.248 e. The zero-order chi connectivity index (χ0) is 14.8. The third-order valence-corrected chi connectivity index (χ3v) is 5.89. The molecule has 0 atom stereocenters. The highest BCUT2D eigenvalue weighted by molar-refractivity contribution is 7.91. The number of rotatable bonds is 5. The molecule has 0 aromatic rings. The molecule has 1 N–H and O–H groups in total. The maximum atomic E-state index is 12.5. The number of carbonyl (C=O) groups excluding carboxylic acids is 2.